The van der Waals surface area contributed by atoms with Gasteiger partial charge in [0, 0.05) is 0 Å². The van der Waals surface area contributed by atoms with Crippen LogP contribution >= 0.6 is 22.6 Å². The Kier molecular flexibility index (Phi) is 15.2. The van der Waals surface area contributed by atoms with Crippen molar-refractivity contribution in [2.45, 2.75) is 46.4 Å². The molecule has 0 rings (SSSR count). The molecule has 0 amide bonds. The molecule has 0 aromatic heterocycles. The lowest BCUT2D eigenvalue weighted by Gasteiger charge is -2.18. The van der Waals surface area contributed by atoms with Crippen molar-refractivity contribution in [2.24, 2.45) is 0 Å². The molecule has 0 aromatic carbocycles. The monoisotopic (exact) mass is 444 g/mol. The predicted octanol–water partition coefficient (Wildman–Crippen LogP) is 1.70. The first-order valence-electron chi connectivity index (χ1n) is 7.20. The van der Waals surface area contributed by atoms with Gasteiger partial charge in [0.15, 0.2) is 35.6 Å². The average Bonchev–Trinajstić information content (AvgIpc) is 2.37. The second-order valence-corrected chi connectivity index (χ2v) is 9.88. The van der Waals surface area contributed by atoms with Crippen LogP contribution in [0.15, 0.2) is 22.5 Å². The van der Waals surface area contributed by atoms with Crippen LogP contribution in [0.25, 0.3) is 0 Å². The van der Waals surface area contributed by atoms with Crippen LogP contribution in [0.5, 0.6) is 0 Å². The fourth-order valence-corrected chi connectivity index (χ4v) is 5.71. The summed E-state index contributed by atoms with van der Waals surface area (Å²) in [5.41, 5.74) is 7.09. The molecule has 0 heterocycles. The first-order chi connectivity index (χ1) is 9.56. The highest BCUT2D eigenvalue weighted by molar-refractivity contribution is 14.1. The summed E-state index contributed by atoms with van der Waals surface area (Å²) in [7, 11) is -1.64. The zero-order valence-electron chi connectivity index (χ0n) is 13.3. The topological polar surface area (TPSA) is 27.7 Å². The van der Waals surface area contributed by atoms with Gasteiger partial charge in [0.25, 0.3) is 0 Å². The van der Waals surface area contributed by atoms with Crippen molar-refractivity contribution in [3.05, 3.63) is 22.5 Å². The minimum Gasteiger partial charge on any atom is -0.419 e. The fraction of sp³-hybridized carbons (Fsp3) is 0.692. The number of allylic oxidation sites excluding steroid dienone is 2. The van der Waals surface area contributed by atoms with Crippen LogP contribution in [0.1, 0.15) is 34.1 Å². The van der Waals surface area contributed by atoms with Crippen LogP contribution in [0.4, 0.5) is 0 Å². The van der Waals surface area contributed by atoms with Crippen LogP contribution in [0.3, 0.4) is 0 Å². The smallest absolute Gasteiger partial charge is 0.188 e. The van der Waals surface area contributed by atoms with E-state index in [9.17, 15) is 0 Å². The molecule has 0 saturated carbocycles. The zero-order valence-corrected chi connectivity index (χ0v) is 19.7. The molecule has 0 atom stereocenters. The van der Waals surface area contributed by atoms with Gasteiger partial charge in [0.05, 0.1) is 6.61 Å². The maximum Gasteiger partial charge on any atom is 0.188 e. The number of hydrogen-bond acceptors (Lipinski definition) is 3. The Bertz CT molecular complexity index is 269. The third-order valence-corrected chi connectivity index (χ3v) is 7.64. The quantitative estimate of drug-likeness (QED) is 0.151. The normalized spacial score (nSPS) is 13.8. The lowest BCUT2D eigenvalue weighted by atomic mass is 10.4. The highest BCUT2D eigenvalue weighted by Gasteiger charge is 2.08. The first-order valence-corrected chi connectivity index (χ1v) is 13.1. The first kappa shape index (κ1) is 20.7. The van der Waals surface area contributed by atoms with Gasteiger partial charge in [0.2, 0.25) is 0 Å². The summed E-state index contributed by atoms with van der Waals surface area (Å²) in [4.78, 5) is 0. The Balaban J connectivity index is 3.97. The van der Waals surface area contributed by atoms with Gasteiger partial charge < -0.3 is 13.3 Å². The van der Waals surface area contributed by atoms with Gasteiger partial charge in [0.1, 0.15) is 0 Å². The summed E-state index contributed by atoms with van der Waals surface area (Å²) in [5, 5.41) is 0. The fourth-order valence-electron chi connectivity index (χ4n) is 1.27. The molecule has 0 radical (unpaired) electrons. The van der Waals surface area contributed by atoms with E-state index in [1.165, 1.54) is 28.0 Å². The molecule has 118 valence electrons. The standard InChI is InChI=1S/C13H29IO3Si3/c1-11(2)9-19-16-13(17-20-10-12(3)4)8-15-18-7-5-6-14/h9-10,13H,5-8,18-20H2,1-4H3. The predicted molar refractivity (Wildman–Crippen MR) is 105 cm³/mol. The molecule has 0 fully saturated rings. The summed E-state index contributed by atoms with van der Waals surface area (Å²) >= 11 is 2.42. The summed E-state index contributed by atoms with van der Waals surface area (Å²) in [5.74, 6) is 0. The zero-order chi connectivity index (χ0) is 15.2. The van der Waals surface area contributed by atoms with Crippen molar-refractivity contribution < 1.29 is 13.3 Å². The largest absolute Gasteiger partial charge is 0.419 e. The molecule has 20 heavy (non-hydrogen) atoms. The minimum absolute atomic E-state index is 0.133. The van der Waals surface area contributed by atoms with E-state index in [1.54, 1.807) is 0 Å². The van der Waals surface area contributed by atoms with Gasteiger partial charge in [-0.1, -0.05) is 45.1 Å². The minimum atomic E-state index is -0.626. The molecule has 0 aromatic rings. The highest BCUT2D eigenvalue weighted by atomic mass is 127. The molecule has 0 unspecified atom stereocenters. The molecule has 0 saturated heterocycles. The molecule has 7 heteroatoms. The van der Waals surface area contributed by atoms with Gasteiger partial charge in [-0.3, -0.25) is 0 Å². The van der Waals surface area contributed by atoms with E-state index in [-0.39, 0.29) is 16.1 Å². The Labute approximate surface area is 144 Å². The maximum absolute atomic E-state index is 5.88. The average molecular weight is 445 g/mol. The third-order valence-electron chi connectivity index (χ3n) is 2.47. The van der Waals surface area contributed by atoms with Crippen LogP contribution in [0, 0.1) is 0 Å². The SMILES string of the molecule is CC(C)=C[SiH2]OC(CO[SiH2]CCCI)O[SiH2]C=C(C)C. The molecule has 0 N–H and O–H groups in total. The van der Waals surface area contributed by atoms with Gasteiger partial charge in [-0.25, -0.2) is 0 Å². The van der Waals surface area contributed by atoms with Crippen LogP contribution in [-0.4, -0.2) is 46.6 Å². The van der Waals surface area contributed by atoms with E-state index in [0.29, 0.717) is 6.61 Å². The highest BCUT2D eigenvalue weighted by Crippen LogP contribution is 2.00. The van der Waals surface area contributed by atoms with Crippen molar-refractivity contribution in [1.82, 2.24) is 0 Å². The molecule has 3 nitrogen and oxygen atoms in total. The summed E-state index contributed by atoms with van der Waals surface area (Å²) in [6.07, 6.45) is 1.14. The van der Waals surface area contributed by atoms with Crippen molar-refractivity contribution in [2.75, 3.05) is 11.0 Å². The summed E-state index contributed by atoms with van der Waals surface area (Å²) in [6, 6.07) is 1.26. The van der Waals surface area contributed by atoms with E-state index in [4.69, 9.17) is 13.3 Å². The molecular formula is C13H29IO3Si3. The van der Waals surface area contributed by atoms with E-state index in [1.807, 2.05) is 0 Å². The van der Waals surface area contributed by atoms with Gasteiger partial charge in [-0.05, 0) is 44.6 Å². The molecule has 0 aliphatic carbocycles. The third kappa shape index (κ3) is 15.1. The summed E-state index contributed by atoms with van der Waals surface area (Å²) in [6.45, 7) is 9.06. The van der Waals surface area contributed by atoms with Crippen LogP contribution < -0.4 is 0 Å². The Hall–Kier alpha value is 0.741. The van der Waals surface area contributed by atoms with Crippen molar-refractivity contribution in [3.63, 3.8) is 0 Å². The molecule has 0 aliphatic rings. The number of rotatable bonds is 12. The van der Waals surface area contributed by atoms with Crippen LogP contribution in [0.2, 0.25) is 6.04 Å². The molecule has 0 aliphatic heterocycles. The second-order valence-electron chi connectivity index (χ2n) is 5.13. The van der Waals surface area contributed by atoms with Crippen molar-refractivity contribution in [1.29, 1.82) is 0 Å². The number of halogens is 1. The van der Waals surface area contributed by atoms with E-state index >= 15 is 0 Å². The van der Waals surface area contributed by atoms with E-state index in [0.717, 1.165) is 0 Å². The molecule has 0 bridgehead atoms. The number of alkyl halides is 1. The maximum atomic E-state index is 5.88. The van der Waals surface area contributed by atoms with Gasteiger partial charge in [-0.15, -0.1) is 0 Å². The van der Waals surface area contributed by atoms with E-state index in [2.05, 4.69) is 61.7 Å². The second kappa shape index (κ2) is 14.7. The Morgan fingerprint density at radius 1 is 1.05 bits per heavy atom. The Morgan fingerprint density at radius 3 is 2.05 bits per heavy atom. The van der Waals surface area contributed by atoms with Gasteiger partial charge in [-0.2, -0.15) is 0 Å². The van der Waals surface area contributed by atoms with Crippen molar-refractivity contribution in [3.8, 4) is 0 Å². The lowest BCUT2D eigenvalue weighted by molar-refractivity contribution is -0.0218. The summed E-state index contributed by atoms with van der Waals surface area (Å²) < 4.78 is 18.8. The number of hydrogen-bond donors (Lipinski definition) is 0. The molecule has 0 spiro atoms. The molecular weight excluding hydrogens is 415 g/mol. The van der Waals surface area contributed by atoms with E-state index < -0.39 is 19.5 Å². The van der Waals surface area contributed by atoms with Crippen molar-refractivity contribution >= 4 is 51.9 Å². The lowest BCUT2D eigenvalue weighted by Crippen LogP contribution is -2.27. The van der Waals surface area contributed by atoms with Gasteiger partial charge >= 0.3 is 0 Å². The Morgan fingerprint density at radius 2 is 1.60 bits per heavy atom. The van der Waals surface area contributed by atoms with Crippen LogP contribution in [-0.2, 0) is 13.3 Å².